The molecule has 114 valence electrons. The SMILES string of the molecule is CCOc1ccc(N/C=C\C(=O)c2ccc(Cl)c(Cl)c2)cc1. The monoisotopic (exact) mass is 335 g/mol. The van der Waals surface area contributed by atoms with E-state index in [1.807, 2.05) is 31.2 Å². The lowest BCUT2D eigenvalue weighted by Gasteiger charge is -2.04. The van der Waals surface area contributed by atoms with Crippen LogP contribution >= 0.6 is 23.2 Å². The van der Waals surface area contributed by atoms with E-state index in [1.165, 1.54) is 6.08 Å². The molecule has 0 saturated carbocycles. The average Bonchev–Trinajstić information content (AvgIpc) is 2.52. The number of carbonyl (C=O) groups is 1. The molecule has 0 spiro atoms. The van der Waals surface area contributed by atoms with Crippen LogP contribution < -0.4 is 10.1 Å². The first kappa shape index (κ1) is 16.4. The second kappa shape index (κ2) is 7.87. The highest BCUT2D eigenvalue weighted by Gasteiger charge is 2.04. The van der Waals surface area contributed by atoms with Crippen LogP contribution in [0.25, 0.3) is 0 Å². The molecule has 3 nitrogen and oxygen atoms in total. The van der Waals surface area contributed by atoms with E-state index >= 15 is 0 Å². The zero-order valence-electron chi connectivity index (χ0n) is 12.0. The second-order valence-electron chi connectivity index (χ2n) is 4.43. The van der Waals surface area contributed by atoms with E-state index in [9.17, 15) is 4.79 Å². The van der Waals surface area contributed by atoms with Crippen LogP contribution in [0.5, 0.6) is 5.75 Å². The molecule has 2 aromatic rings. The lowest BCUT2D eigenvalue weighted by atomic mass is 10.1. The third kappa shape index (κ3) is 4.52. The summed E-state index contributed by atoms with van der Waals surface area (Å²) in [5, 5.41) is 3.81. The summed E-state index contributed by atoms with van der Waals surface area (Å²) in [7, 11) is 0. The van der Waals surface area contributed by atoms with E-state index in [-0.39, 0.29) is 5.78 Å². The Kier molecular flexibility index (Phi) is 5.87. The Balaban J connectivity index is 1.96. The van der Waals surface area contributed by atoms with Gasteiger partial charge in [0.05, 0.1) is 16.7 Å². The molecule has 1 N–H and O–H groups in total. The van der Waals surface area contributed by atoms with Gasteiger partial charge < -0.3 is 10.1 Å². The van der Waals surface area contributed by atoms with Gasteiger partial charge in [-0.1, -0.05) is 23.2 Å². The Morgan fingerprint density at radius 3 is 2.50 bits per heavy atom. The van der Waals surface area contributed by atoms with Gasteiger partial charge in [0.15, 0.2) is 5.78 Å². The van der Waals surface area contributed by atoms with Crippen molar-refractivity contribution < 1.29 is 9.53 Å². The van der Waals surface area contributed by atoms with Crippen LogP contribution in [0.3, 0.4) is 0 Å². The van der Waals surface area contributed by atoms with Crippen LogP contribution in [0.1, 0.15) is 17.3 Å². The number of benzene rings is 2. The fourth-order valence-corrected chi connectivity index (χ4v) is 2.07. The van der Waals surface area contributed by atoms with Crippen molar-refractivity contribution in [3.05, 3.63) is 70.3 Å². The van der Waals surface area contributed by atoms with Gasteiger partial charge in [-0.2, -0.15) is 0 Å². The van der Waals surface area contributed by atoms with Crippen molar-refractivity contribution in [2.24, 2.45) is 0 Å². The third-order valence-corrected chi connectivity index (χ3v) is 3.59. The predicted octanol–water partition coefficient (Wildman–Crippen LogP) is 5.20. The number of ether oxygens (including phenoxy) is 1. The molecule has 0 heterocycles. The number of rotatable bonds is 6. The molecule has 0 amide bonds. The number of allylic oxidation sites excluding steroid dienone is 1. The first-order chi connectivity index (χ1) is 10.6. The van der Waals surface area contributed by atoms with Crippen LogP contribution in [0.15, 0.2) is 54.7 Å². The zero-order valence-corrected chi connectivity index (χ0v) is 13.5. The summed E-state index contributed by atoms with van der Waals surface area (Å²) in [6.45, 7) is 2.56. The maximum absolute atomic E-state index is 12.0. The molecule has 0 radical (unpaired) electrons. The van der Waals surface area contributed by atoms with Gasteiger partial charge >= 0.3 is 0 Å². The number of hydrogen-bond acceptors (Lipinski definition) is 3. The molecule has 0 unspecified atom stereocenters. The molecule has 0 aliphatic heterocycles. The number of carbonyl (C=O) groups excluding carboxylic acids is 1. The fourth-order valence-electron chi connectivity index (χ4n) is 1.77. The van der Waals surface area contributed by atoms with E-state index in [0.29, 0.717) is 22.2 Å². The van der Waals surface area contributed by atoms with E-state index in [4.69, 9.17) is 27.9 Å². The van der Waals surface area contributed by atoms with Crippen LogP contribution in [0.4, 0.5) is 5.69 Å². The van der Waals surface area contributed by atoms with E-state index < -0.39 is 0 Å². The Morgan fingerprint density at radius 1 is 1.14 bits per heavy atom. The molecule has 2 aromatic carbocycles. The molecule has 0 fully saturated rings. The number of nitrogens with one attached hydrogen (secondary N) is 1. The number of halogens is 2. The lowest BCUT2D eigenvalue weighted by molar-refractivity contribution is 0.104. The number of ketones is 1. The highest BCUT2D eigenvalue weighted by Crippen LogP contribution is 2.23. The van der Waals surface area contributed by atoms with Gasteiger partial charge in [0.1, 0.15) is 5.75 Å². The smallest absolute Gasteiger partial charge is 0.187 e. The number of hydrogen-bond donors (Lipinski definition) is 1. The molecule has 5 heteroatoms. The number of anilines is 1. The van der Waals surface area contributed by atoms with Crippen LogP contribution in [0, 0.1) is 0 Å². The Morgan fingerprint density at radius 2 is 1.86 bits per heavy atom. The lowest BCUT2D eigenvalue weighted by Crippen LogP contribution is -1.96. The molecule has 0 atom stereocenters. The van der Waals surface area contributed by atoms with Gasteiger partial charge in [-0.25, -0.2) is 0 Å². The first-order valence-corrected chi connectivity index (χ1v) is 7.51. The predicted molar refractivity (Wildman–Crippen MR) is 91.2 cm³/mol. The normalized spacial score (nSPS) is 10.7. The zero-order chi connectivity index (χ0) is 15.9. The molecular weight excluding hydrogens is 321 g/mol. The summed E-state index contributed by atoms with van der Waals surface area (Å²) in [5.74, 6) is 0.654. The van der Waals surface area contributed by atoms with Gasteiger partial charge in [0, 0.05) is 23.5 Å². The fraction of sp³-hybridized carbons (Fsp3) is 0.118. The highest BCUT2D eigenvalue weighted by atomic mass is 35.5. The minimum absolute atomic E-state index is 0.156. The second-order valence-corrected chi connectivity index (χ2v) is 5.24. The Labute approximate surface area is 139 Å². The van der Waals surface area contributed by atoms with Gasteiger partial charge in [-0.3, -0.25) is 4.79 Å². The van der Waals surface area contributed by atoms with Crippen molar-refractivity contribution in [2.75, 3.05) is 11.9 Å². The van der Waals surface area contributed by atoms with Crippen molar-refractivity contribution in [3.63, 3.8) is 0 Å². The maximum atomic E-state index is 12.0. The van der Waals surface area contributed by atoms with Gasteiger partial charge in [-0.05, 0) is 49.4 Å². The van der Waals surface area contributed by atoms with Gasteiger partial charge in [0.2, 0.25) is 0 Å². The quantitative estimate of drug-likeness (QED) is 0.582. The maximum Gasteiger partial charge on any atom is 0.187 e. The molecule has 22 heavy (non-hydrogen) atoms. The molecule has 0 aliphatic carbocycles. The van der Waals surface area contributed by atoms with Crippen LogP contribution in [-0.4, -0.2) is 12.4 Å². The van der Waals surface area contributed by atoms with E-state index in [0.717, 1.165) is 11.4 Å². The summed E-state index contributed by atoms with van der Waals surface area (Å²) in [6.07, 6.45) is 3.02. The van der Waals surface area contributed by atoms with Crippen molar-refractivity contribution in [3.8, 4) is 5.75 Å². The minimum Gasteiger partial charge on any atom is -0.494 e. The highest BCUT2D eigenvalue weighted by molar-refractivity contribution is 6.42. The summed E-state index contributed by atoms with van der Waals surface area (Å²) in [4.78, 5) is 12.0. The Bertz CT molecular complexity index is 682. The van der Waals surface area contributed by atoms with Gasteiger partial charge in [0.25, 0.3) is 0 Å². The minimum atomic E-state index is -0.156. The summed E-state index contributed by atoms with van der Waals surface area (Å²) in [6, 6.07) is 12.3. The van der Waals surface area contributed by atoms with Crippen molar-refractivity contribution in [1.82, 2.24) is 0 Å². The summed E-state index contributed by atoms with van der Waals surface area (Å²) < 4.78 is 5.36. The molecular formula is C17H15Cl2NO2. The van der Waals surface area contributed by atoms with Crippen LogP contribution in [0.2, 0.25) is 10.0 Å². The van der Waals surface area contributed by atoms with E-state index in [2.05, 4.69) is 5.32 Å². The average molecular weight is 336 g/mol. The molecule has 2 rings (SSSR count). The van der Waals surface area contributed by atoms with Gasteiger partial charge in [-0.15, -0.1) is 0 Å². The first-order valence-electron chi connectivity index (χ1n) is 6.75. The summed E-state index contributed by atoms with van der Waals surface area (Å²) in [5.41, 5.74) is 1.35. The van der Waals surface area contributed by atoms with E-state index in [1.54, 1.807) is 24.4 Å². The van der Waals surface area contributed by atoms with Crippen molar-refractivity contribution in [1.29, 1.82) is 0 Å². The third-order valence-electron chi connectivity index (χ3n) is 2.85. The molecule has 0 bridgehead atoms. The van der Waals surface area contributed by atoms with Crippen LogP contribution in [-0.2, 0) is 0 Å². The molecule has 0 aromatic heterocycles. The largest absolute Gasteiger partial charge is 0.494 e. The Hall–Kier alpha value is -1.97. The summed E-state index contributed by atoms with van der Waals surface area (Å²) >= 11 is 11.7. The van der Waals surface area contributed by atoms with Crippen molar-refractivity contribution >= 4 is 34.7 Å². The van der Waals surface area contributed by atoms with Crippen molar-refractivity contribution in [2.45, 2.75) is 6.92 Å². The standard InChI is InChI=1S/C17H15Cl2NO2/c1-2-22-14-6-4-13(5-7-14)20-10-9-17(21)12-3-8-15(18)16(19)11-12/h3-11,20H,2H2,1H3/b10-9-. The topological polar surface area (TPSA) is 38.3 Å². The molecule has 0 aliphatic rings. The molecule has 0 saturated heterocycles.